The summed E-state index contributed by atoms with van der Waals surface area (Å²) in [5, 5.41) is 4.58. The zero-order valence-corrected chi connectivity index (χ0v) is 16.9. The van der Waals surface area contributed by atoms with Gasteiger partial charge < -0.3 is 10.2 Å². The van der Waals surface area contributed by atoms with E-state index in [0.717, 1.165) is 23.5 Å². The highest BCUT2D eigenvalue weighted by Gasteiger charge is 2.31. The van der Waals surface area contributed by atoms with Gasteiger partial charge in [-0.25, -0.2) is 4.98 Å². The lowest BCUT2D eigenvalue weighted by atomic mass is 10.1. The third kappa shape index (κ3) is 5.79. The van der Waals surface area contributed by atoms with Crippen molar-refractivity contribution in [2.24, 2.45) is 0 Å². The SMILES string of the molecule is CCN(CC(=O)NC(C)(C)C)C(=O)c1csc(-c2cccc(C(F)(F)F)c2)n1. The van der Waals surface area contributed by atoms with Gasteiger partial charge in [-0.3, -0.25) is 9.59 Å². The number of thiazole rings is 1. The van der Waals surface area contributed by atoms with Gasteiger partial charge in [0, 0.05) is 23.0 Å². The van der Waals surface area contributed by atoms with Gasteiger partial charge in [0.25, 0.3) is 5.91 Å². The second-order valence-corrected chi connectivity index (χ2v) is 8.09. The molecule has 0 fully saturated rings. The van der Waals surface area contributed by atoms with Gasteiger partial charge in [0.1, 0.15) is 10.7 Å². The fourth-order valence-electron chi connectivity index (χ4n) is 2.45. The molecule has 0 aliphatic heterocycles. The average Bonchev–Trinajstić information content (AvgIpc) is 3.07. The first-order chi connectivity index (χ1) is 12.9. The predicted molar refractivity (Wildman–Crippen MR) is 102 cm³/mol. The molecule has 2 amide bonds. The van der Waals surface area contributed by atoms with Crippen LogP contribution in [0.2, 0.25) is 0 Å². The van der Waals surface area contributed by atoms with E-state index in [0.29, 0.717) is 11.6 Å². The van der Waals surface area contributed by atoms with Crippen molar-refractivity contribution >= 4 is 23.2 Å². The number of nitrogens with zero attached hydrogens (tertiary/aromatic N) is 2. The van der Waals surface area contributed by atoms with E-state index < -0.39 is 23.2 Å². The molecular formula is C19H22F3N3O2S. The highest BCUT2D eigenvalue weighted by Crippen LogP contribution is 2.33. The number of benzene rings is 1. The maximum Gasteiger partial charge on any atom is 0.416 e. The zero-order chi connectivity index (χ0) is 21.1. The molecule has 5 nitrogen and oxygen atoms in total. The maximum absolute atomic E-state index is 12.9. The lowest BCUT2D eigenvalue weighted by Crippen LogP contribution is -2.47. The van der Waals surface area contributed by atoms with Crippen molar-refractivity contribution in [1.29, 1.82) is 0 Å². The smallest absolute Gasteiger partial charge is 0.350 e. The number of halogens is 3. The normalized spacial score (nSPS) is 12.0. The number of alkyl halides is 3. The molecule has 28 heavy (non-hydrogen) atoms. The second kappa shape index (κ2) is 8.30. The number of hydrogen-bond acceptors (Lipinski definition) is 4. The highest BCUT2D eigenvalue weighted by atomic mass is 32.1. The number of amides is 2. The molecular weight excluding hydrogens is 391 g/mol. The minimum absolute atomic E-state index is 0.0998. The number of rotatable bonds is 5. The molecule has 0 aliphatic carbocycles. The number of hydrogen-bond donors (Lipinski definition) is 1. The summed E-state index contributed by atoms with van der Waals surface area (Å²) < 4.78 is 38.7. The van der Waals surface area contributed by atoms with E-state index in [1.54, 1.807) is 6.92 Å². The number of nitrogens with one attached hydrogen (secondary N) is 1. The van der Waals surface area contributed by atoms with Crippen LogP contribution < -0.4 is 5.32 Å². The summed E-state index contributed by atoms with van der Waals surface area (Å²) in [6, 6.07) is 4.80. The summed E-state index contributed by atoms with van der Waals surface area (Å²) in [6.07, 6.45) is -4.45. The Labute approximate surface area is 165 Å². The fourth-order valence-corrected chi connectivity index (χ4v) is 3.24. The van der Waals surface area contributed by atoms with E-state index in [4.69, 9.17) is 0 Å². The Morgan fingerprint density at radius 1 is 1.21 bits per heavy atom. The third-order valence-electron chi connectivity index (χ3n) is 3.68. The molecule has 9 heteroatoms. The first-order valence-electron chi connectivity index (χ1n) is 8.64. The molecule has 0 saturated heterocycles. The molecule has 0 unspecified atom stereocenters. The van der Waals surface area contributed by atoms with Crippen LogP contribution in [0.4, 0.5) is 13.2 Å². The molecule has 1 aromatic heterocycles. The Morgan fingerprint density at radius 3 is 2.46 bits per heavy atom. The van der Waals surface area contributed by atoms with E-state index >= 15 is 0 Å². The van der Waals surface area contributed by atoms with Gasteiger partial charge in [0.2, 0.25) is 5.91 Å². The molecule has 2 aromatic rings. The zero-order valence-electron chi connectivity index (χ0n) is 16.1. The molecule has 0 saturated carbocycles. The minimum atomic E-state index is -4.45. The predicted octanol–water partition coefficient (Wildman–Crippen LogP) is 4.21. The van der Waals surface area contributed by atoms with Crippen LogP contribution in [0.3, 0.4) is 0 Å². The van der Waals surface area contributed by atoms with Crippen LogP contribution in [0.15, 0.2) is 29.6 Å². The van der Waals surface area contributed by atoms with Crippen molar-refractivity contribution in [2.75, 3.05) is 13.1 Å². The monoisotopic (exact) mass is 413 g/mol. The average molecular weight is 413 g/mol. The quantitative estimate of drug-likeness (QED) is 0.799. The highest BCUT2D eigenvalue weighted by molar-refractivity contribution is 7.13. The molecule has 0 atom stereocenters. The first kappa shape index (κ1) is 21.9. The summed E-state index contributed by atoms with van der Waals surface area (Å²) in [4.78, 5) is 30.3. The summed E-state index contributed by atoms with van der Waals surface area (Å²) >= 11 is 1.08. The Morgan fingerprint density at radius 2 is 1.89 bits per heavy atom. The van der Waals surface area contributed by atoms with Gasteiger partial charge in [0.05, 0.1) is 12.1 Å². The second-order valence-electron chi connectivity index (χ2n) is 7.23. The summed E-state index contributed by atoms with van der Waals surface area (Å²) in [5.74, 6) is -0.739. The van der Waals surface area contributed by atoms with Gasteiger partial charge >= 0.3 is 6.18 Å². The maximum atomic E-state index is 12.9. The lowest BCUT2D eigenvalue weighted by molar-refractivity contribution is -0.137. The van der Waals surface area contributed by atoms with Crippen molar-refractivity contribution < 1.29 is 22.8 Å². The Bertz CT molecular complexity index is 857. The van der Waals surface area contributed by atoms with Gasteiger partial charge in [-0.05, 0) is 39.8 Å². The van der Waals surface area contributed by atoms with Crippen LogP contribution in [-0.4, -0.2) is 40.3 Å². The molecule has 0 bridgehead atoms. The van der Waals surface area contributed by atoms with Gasteiger partial charge in [-0.2, -0.15) is 13.2 Å². The van der Waals surface area contributed by atoms with Crippen molar-refractivity contribution in [3.8, 4) is 10.6 Å². The number of carbonyl (C=O) groups excluding carboxylic acids is 2. The number of likely N-dealkylation sites (N-methyl/N-ethyl adjacent to an activating group) is 1. The summed E-state index contributed by atoms with van der Waals surface area (Å²) in [5.41, 5.74) is -0.811. The standard InChI is InChI=1S/C19H22F3N3O2S/c1-5-25(10-15(26)24-18(2,3)4)17(27)14-11-28-16(23-14)12-7-6-8-13(9-12)19(20,21)22/h6-9,11H,5,10H2,1-4H3,(H,24,26). The van der Waals surface area contributed by atoms with Gasteiger partial charge in [0.15, 0.2) is 0 Å². The van der Waals surface area contributed by atoms with E-state index in [2.05, 4.69) is 10.3 Å². The molecule has 0 radical (unpaired) electrons. The van der Waals surface area contributed by atoms with Crippen molar-refractivity contribution in [3.63, 3.8) is 0 Å². The molecule has 1 heterocycles. The van der Waals surface area contributed by atoms with Crippen molar-refractivity contribution in [3.05, 3.63) is 40.9 Å². The molecule has 2 rings (SSSR count). The molecule has 1 N–H and O–H groups in total. The van der Waals surface area contributed by atoms with Gasteiger partial charge in [-0.15, -0.1) is 11.3 Å². The van der Waals surface area contributed by atoms with Crippen LogP contribution in [-0.2, 0) is 11.0 Å². The fraction of sp³-hybridized carbons (Fsp3) is 0.421. The van der Waals surface area contributed by atoms with Crippen molar-refractivity contribution in [1.82, 2.24) is 15.2 Å². The lowest BCUT2D eigenvalue weighted by Gasteiger charge is -2.24. The minimum Gasteiger partial charge on any atom is -0.350 e. The van der Waals surface area contributed by atoms with E-state index in [9.17, 15) is 22.8 Å². The summed E-state index contributed by atoms with van der Waals surface area (Å²) in [6.45, 7) is 7.43. The molecule has 1 aromatic carbocycles. The molecule has 0 spiro atoms. The van der Waals surface area contributed by atoms with Crippen LogP contribution in [0.1, 0.15) is 43.7 Å². The Balaban J connectivity index is 2.18. The van der Waals surface area contributed by atoms with E-state index in [-0.39, 0.29) is 23.7 Å². The van der Waals surface area contributed by atoms with Crippen molar-refractivity contribution in [2.45, 2.75) is 39.4 Å². The first-order valence-corrected chi connectivity index (χ1v) is 9.52. The Hall–Kier alpha value is -2.42. The van der Waals surface area contributed by atoms with E-state index in [1.165, 1.54) is 22.4 Å². The van der Waals surface area contributed by atoms with Crippen LogP contribution in [0.5, 0.6) is 0 Å². The van der Waals surface area contributed by atoms with Crippen LogP contribution >= 0.6 is 11.3 Å². The molecule has 0 aliphatic rings. The van der Waals surface area contributed by atoms with E-state index in [1.807, 2.05) is 20.8 Å². The van der Waals surface area contributed by atoms with Gasteiger partial charge in [-0.1, -0.05) is 12.1 Å². The number of carbonyl (C=O) groups is 2. The van der Waals surface area contributed by atoms with Crippen LogP contribution in [0, 0.1) is 0 Å². The third-order valence-corrected chi connectivity index (χ3v) is 4.57. The summed E-state index contributed by atoms with van der Waals surface area (Å²) in [7, 11) is 0. The largest absolute Gasteiger partial charge is 0.416 e. The Kier molecular flexibility index (Phi) is 6.48. The number of aromatic nitrogens is 1. The topological polar surface area (TPSA) is 62.3 Å². The molecule has 152 valence electrons. The van der Waals surface area contributed by atoms with Crippen LogP contribution in [0.25, 0.3) is 10.6 Å².